The second kappa shape index (κ2) is 8.49. The van der Waals surface area contributed by atoms with Crippen LogP contribution in [0.5, 0.6) is 0 Å². The van der Waals surface area contributed by atoms with Gasteiger partial charge in [0.25, 0.3) is 5.91 Å². The van der Waals surface area contributed by atoms with Gasteiger partial charge in [-0.1, -0.05) is 74.5 Å². The van der Waals surface area contributed by atoms with Gasteiger partial charge in [-0.15, -0.1) is 0 Å². The zero-order valence-electron chi connectivity index (χ0n) is 14.2. The van der Waals surface area contributed by atoms with E-state index in [1.54, 1.807) is 0 Å². The molecule has 0 spiro atoms. The molecule has 2 rings (SSSR count). The van der Waals surface area contributed by atoms with Gasteiger partial charge >= 0.3 is 0 Å². The van der Waals surface area contributed by atoms with Crippen LogP contribution in [0, 0.1) is 5.92 Å². The van der Waals surface area contributed by atoms with E-state index in [-0.39, 0.29) is 11.9 Å². The minimum Gasteiger partial charge on any atom is -0.345 e. The maximum absolute atomic E-state index is 12.2. The number of quaternary nitrogens is 1. The maximum atomic E-state index is 12.2. The molecule has 0 aliphatic rings. The van der Waals surface area contributed by atoms with E-state index in [0.717, 1.165) is 5.56 Å². The molecule has 0 bridgehead atoms. The van der Waals surface area contributed by atoms with Crippen LogP contribution in [0.15, 0.2) is 60.7 Å². The summed E-state index contributed by atoms with van der Waals surface area (Å²) in [5.41, 5.74) is 2.40. The molecular weight excluding hydrogens is 284 g/mol. The first-order valence-electron chi connectivity index (χ1n) is 8.30. The molecule has 0 fully saturated rings. The highest BCUT2D eigenvalue weighted by Crippen LogP contribution is 2.16. The van der Waals surface area contributed by atoms with E-state index in [9.17, 15) is 4.79 Å². The van der Waals surface area contributed by atoms with E-state index < -0.39 is 0 Å². The van der Waals surface area contributed by atoms with Crippen molar-refractivity contribution in [2.45, 2.75) is 32.9 Å². The molecule has 0 aliphatic heterocycles. The molecule has 0 saturated heterocycles. The summed E-state index contributed by atoms with van der Waals surface area (Å²) in [7, 11) is 0. The third-order valence-electron chi connectivity index (χ3n) is 4.14. The van der Waals surface area contributed by atoms with Crippen LogP contribution in [0.1, 0.15) is 44.0 Å². The van der Waals surface area contributed by atoms with Gasteiger partial charge in [0, 0.05) is 11.5 Å². The smallest absolute Gasteiger partial charge is 0.275 e. The van der Waals surface area contributed by atoms with E-state index in [1.165, 1.54) is 5.56 Å². The summed E-state index contributed by atoms with van der Waals surface area (Å²) < 4.78 is 0. The Bertz CT molecular complexity index is 596. The number of nitrogens with two attached hydrogens (primary N) is 1. The van der Waals surface area contributed by atoms with Crippen LogP contribution in [-0.4, -0.2) is 12.5 Å². The average molecular weight is 311 g/mol. The first-order chi connectivity index (χ1) is 11.1. The topological polar surface area (TPSA) is 45.7 Å². The van der Waals surface area contributed by atoms with Crippen LogP contribution in [0.2, 0.25) is 0 Å². The third kappa shape index (κ3) is 5.22. The highest BCUT2D eigenvalue weighted by molar-refractivity contribution is 5.77. The van der Waals surface area contributed by atoms with Crippen molar-refractivity contribution in [2.75, 3.05) is 6.54 Å². The third-order valence-corrected chi connectivity index (χ3v) is 4.14. The molecule has 122 valence electrons. The fourth-order valence-corrected chi connectivity index (χ4v) is 2.83. The number of rotatable bonds is 7. The largest absolute Gasteiger partial charge is 0.345 e. The van der Waals surface area contributed by atoms with Crippen molar-refractivity contribution >= 4 is 5.91 Å². The molecule has 0 aliphatic carbocycles. The summed E-state index contributed by atoms with van der Waals surface area (Å²) in [5.74, 6) is 0.541. The van der Waals surface area contributed by atoms with Crippen molar-refractivity contribution in [2.24, 2.45) is 5.92 Å². The van der Waals surface area contributed by atoms with Crippen LogP contribution in [0.4, 0.5) is 0 Å². The number of amides is 1. The number of benzene rings is 2. The van der Waals surface area contributed by atoms with Crippen LogP contribution >= 0.6 is 0 Å². The van der Waals surface area contributed by atoms with Gasteiger partial charge in [-0.05, 0) is 12.5 Å². The lowest BCUT2D eigenvalue weighted by atomic mass is 9.96. The normalized spacial score (nSPS) is 13.6. The monoisotopic (exact) mass is 311 g/mol. The molecule has 2 aromatic rings. The second-order valence-electron chi connectivity index (χ2n) is 6.32. The highest BCUT2D eigenvalue weighted by Gasteiger charge is 2.20. The van der Waals surface area contributed by atoms with Crippen LogP contribution in [0.25, 0.3) is 0 Å². The minimum atomic E-state index is 0.0336. The molecular formula is C20H27N2O+. The van der Waals surface area contributed by atoms with Crippen molar-refractivity contribution < 1.29 is 10.1 Å². The van der Waals surface area contributed by atoms with Crippen LogP contribution in [-0.2, 0) is 4.79 Å². The Balaban J connectivity index is 1.89. The molecule has 0 saturated carbocycles. The molecule has 3 nitrogen and oxygen atoms in total. The lowest BCUT2D eigenvalue weighted by Gasteiger charge is -2.20. The maximum Gasteiger partial charge on any atom is 0.275 e. The summed E-state index contributed by atoms with van der Waals surface area (Å²) in [4.78, 5) is 12.2. The van der Waals surface area contributed by atoms with Crippen LogP contribution < -0.4 is 10.6 Å². The standard InChI is InChI=1S/C20H26N2O/c1-15(2)20(18-12-8-5-9-13-18)21-14-19(23)22-16(3)17-10-6-4-7-11-17/h4-13,15-16,20-21H,14H2,1-3H3,(H,22,23)/p+1/t16-,20-/m1/s1. The zero-order chi connectivity index (χ0) is 16.7. The molecule has 1 amide bonds. The van der Waals surface area contributed by atoms with E-state index in [4.69, 9.17) is 0 Å². The van der Waals surface area contributed by atoms with Gasteiger partial charge in [-0.2, -0.15) is 0 Å². The Hall–Kier alpha value is -2.13. The van der Waals surface area contributed by atoms with Crippen molar-refractivity contribution in [1.82, 2.24) is 5.32 Å². The number of carbonyl (C=O) groups excluding carboxylic acids is 1. The fourth-order valence-electron chi connectivity index (χ4n) is 2.83. The molecule has 0 unspecified atom stereocenters. The Morgan fingerprint density at radius 1 is 0.913 bits per heavy atom. The van der Waals surface area contributed by atoms with Gasteiger partial charge in [0.2, 0.25) is 0 Å². The fraction of sp³-hybridized carbons (Fsp3) is 0.350. The van der Waals surface area contributed by atoms with E-state index in [2.05, 4.69) is 48.7 Å². The van der Waals surface area contributed by atoms with Gasteiger partial charge in [-0.3, -0.25) is 4.79 Å². The van der Waals surface area contributed by atoms with Gasteiger partial charge in [0.1, 0.15) is 6.04 Å². The SMILES string of the molecule is CC(C)[C@@H]([NH2+]CC(=O)N[C@H](C)c1ccccc1)c1ccccc1. The molecule has 3 N–H and O–H groups in total. The van der Waals surface area contributed by atoms with Gasteiger partial charge in [0.15, 0.2) is 6.54 Å². The van der Waals surface area contributed by atoms with Crippen molar-refractivity contribution in [3.8, 4) is 0 Å². The molecule has 0 aromatic heterocycles. The van der Waals surface area contributed by atoms with E-state index in [0.29, 0.717) is 18.5 Å². The van der Waals surface area contributed by atoms with Crippen LogP contribution in [0.3, 0.4) is 0 Å². The summed E-state index contributed by atoms with van der Waals surface area (Å²) in [6.07, 6.45) is 0. The second-order valence-corrected chi connectivity index (χ2v) is 6.32. The lowest BCUT2D eigenvalue weighted by molar-refractivity contribution is -0.692. The first kappa shape index (κ1) is 17.2. The summed E-state index contributed by atoms with van der Waals surface area (Å²) in [6.45, 7) is 6.84. The Labute approximate surface area is 139 Å². The molecule has 3 heteroatoms. The molecule has 0 radical (unpaired) electrons. The Kier molecular flexibility index (Phi) is 6.36. The summed E-state index contributed by atoms with van der Waals surface area (Å²) >= 11 is 0. The number of nitrogens with one attached hydrogen (secondary N) is 1. The van der Waals surface area contributed by atoms with Crippen molar-refractivity contribution in [1.29, 1.82) is 0 Å². The molecule has 2 aromatic carbocycles. The molecule has 23 heavy (non-hydrogen) atoms. The van der Waals surface area contributed by atoms with Gasteiger partial charge < -0.3 is 10.6 Å². The Morgan fingerprint density at radius 3 is 1.96 bits per heavy atom. The predicted octanol–water partition coefficient (Wildman–Crippen LogP) is 2.82. The lowest BCUT2D eigenvalue weighted by Crippen LogP contribution is -2.88. The summed E-state index contributed by atoms with van der Waals surface area (Å²) in [6, 6.07) is 20.8. The van der Waals surface area contributed by atoms with Gasteiger partial charge in [-0.25, -0.2) is 0 Å². The quantitative estimate of drug-likeness (QED) is 0.811. The zero-order valence-corrected chi connectivity index (χ0v) is 14.2. The van der Waals surface area contributed by atoms with E-state index >= 15 is 0 Å². The average Bonchev–Trinajstić information content (AvgIpc) is 2.56. The number of carbonyl (C=O) groups is 1. The van der Waals surface area contributed by atoms with Crippen molar-refractivity contribution in [3.05, 3.63) is 71.8 Å². The number of hydrogen-bond acceptors (Lipinski definition) is 1. The summed E-state index contributed by atoms with van der Waals surface area (Å²) in [5, 5.41) is 5.20. The molecule has 0 heterocycles. The first-order valence-corrected chi connectivity index (χ1v) is 8.30. The van der Waals surface area contributed by atoms with Crippen molar-refractivity contribution in [3.63, 3.8) is 0 Å². The highest BCUT2D eigenvalue weighted by atomic mass is 16.1. The molecule has 2 atom stereocenters. The van der Waals surface area contributed by atoms with Gasteiger partial charge in [0.05, 0.1) is 6.04 Å². The minimum absolute atomic E-state index is 0.0336. The number of hydrogen-bond donors (Lipinski definition) is 2. The van der Waals surface area contributed by atoms with E-state index in [1.807, 2.05) is 43.3 Å². The predicted molar refractivity (Wildman–Crippen MR) is 93.8 cm³/mol. The Morgan fingerprint density at radius 2 is 1.43 bits per heavy atom.